The van der Waals surface area contributed by atoms with Crippen molar-refractivity contribution in [3.05, 3.63) is 95.7 Å². The van der Waals surface area contributed by atoms with Crippen LogP contribution in [0.4, 0.5) is 5.82 Å². The number of amides is 1. The zero-order chi connectivity index (χ0) is 19.3. The lowest BCUT2D eigenvalue weighted by atomic mass is 10.1. The summed E-state index contributed by atoms with van der Waals surface area (Å²) in [6.45, 7) is 0. The molecule has 0 atom stereocenters. The van der Waals surface area contributed by atoms with Crippen molar-refractivity contribution in [2.75, 3.05) is 5.43 Å². The second-order valence-corrected chi connectivity index (χ2v) is 6.30. The van der Waals surface area contributed by atoms with E-state index >= 15 is 0 Å². The summed E-state index contributed by atoms with van der Waals surface area (Å²) in [4.78, 5) is 21.7. The fourth-order valence-corrected chi connectivity index (χ4v) is 2.85. The third kappa shape index (κ3) is 3.91. The number of aromatic hydroxyl groups is 1. The van der Waals surface area contributed by atoms with Crippen molar-refractivity contribution in [3.8, 4) is 5.75 Å². The van der Waals surface area contributed by atoms with Crippen molar-refractivity contribution < 1.29 is 9.90 Å². The number of benzene rings is 3. The number of phenolic OH excluding ortho intramolecular Hbond substituents is 1. The summed E-state index contributed by atoms with van der Waals surface area (Å²) in [5.41, 5.74) is 9.34. The van der Waals surface area contributed by atoms with Crippen molar-refractivity contribution in [1.82, 2.24) is 15.4 Å². The van der Waals surface area contributed by atoms with Crippen LogP contribution in [-0.2, 0) is 6.42 Å². The maximum absolute atomic E-state index is 12.4. The van der Waals surface area contributed by atoms with Gasteiger partial charge in [-0.15, -0.1) is 0 Å². The number of para-hydroxylation sites is 2. The van der Waals surface area contributed by atoms with Gasteiger partial charge in [0.25, 0.3) is 5.91 Å². The number of carbonyl (C=O) groups is 1. The predicted octanol–water partition coefficient (Wildman–Crippen LogP) is 3.68. The van der Waals surface area contributed by atoms with Crippen LogP contribution in [0, 0.1) is 0 Å². The lowest BCUT2D eigenvalue weighted by Gasteiger charge is -2.13. The van der Waals surface area contributed by atoms with Gasteiger partial charge in [-0.1, -0.05) is 42.5 Å². The Kier molecular flexibility index (Phi) is 4.84. The minimum Gasteiger partial charge on any atom is -0.508 e. The number of nitrogens with zero attached hydrogens (tertiary/aromatic N) is 2. The van der Waals surface area contributed by atoms with Gasteiger partial charge >= 0.3 is 0 Å². The molecule has 0 bridgehead atoms. The molecule has 1 heterocycles. The maximum Gasteiger partial charge on any atom is 0.269 e. The molecule has 0 aliphatic heterocycles. The Morgan fingerprint density at radius 2 is 1.46 bits per heavy atom. The molecule has 0 aliphatic rings. The normalized spacial score (nSPS) is 10.6. The summed E-state index contributed by atoms with van der Waals surface area (Å²) < 4.78 is 0. The van der Waals surface area contributed by atoms with E-state index in [1.165, 1.54) is 12.1 Å². The Hall–Kier alpha value is -3.93. The molecule has 1 amide bonds. The van der Waals surface area contributed by atoms with Crippen LogP contribution in [0.15, 0.2) is 78.9 Å². The quantitative estimate of drug-likeness (QED) is 0.467. The van der Waals surface area contributed by atoms with Gasteiger partial charge in [-0.2, -0.15) is 0 Å². The monoisotopic (exact) mass is 370 g/mol. The van der Waals surface area contributed by atoms with Gasteiger partial charge in [0.2, 0.25) is 0 Å². The van der Waals surface area contributed by atoms with E-state index in [1.54, 1.807) is 12.1 Å². The van der Waals surface area contributed by atoms with Gasteiger partial charge in [-0.25, -0.2) is 9.97 Å². The molecule has 0 spiro atoms. The van der Waals surface area contributed by atoms with Gasteiger partial charge in [-0.05, 0) is 42.0 Å². The summed E-state index contributed by atoms with van der Waals surface area (Å²) in [7, 11) is 0. The Bertz CT molecular complexity index is 1110. The maximum atomic E-state index is 12.4. The number of rotatable bonds is 5. The molecule has 6 heteroatoms. The number of carbonyl (C=O) groups excluding carboxylic acids is 1. The van der Waals surface area contributed by atoms with Crippen LogP contribution in [-0.4, -0.2) is 21.0 Å². The Morgan fingerprint density at radius 3 is 2.18 bits per heavy atom. The van der Waals surface area contributed by atoms with E-state index in [4.69, 9.17) is 4.98 Å². The minimum atomic E-state index is -0.333. The average Bonchev–Trinajstić information content (AvgIpc) is 2.73. The first kappa shape index (κ1) is 17.5. The molecule has 4 rings (SSSR count). The van der Waals surface area contributed by atoms with E-state index in [-0.39, 0.29) is 11.7 Å². The zero-order valence-corrected chi connectivity index (χ0v) is 15.0. The van der Waals surface area contributed by atoms with Gasteiger partial charge < -0.3 is 5.11 Å². The molecule has 1 aromatic heterocycles. The molecule has 28 heavy (non-hydrogen) atoms. The number of anilines is 1. The second-order valence-electron chi connectivity index (χ2n) is 6.30. The fourth-order valence-electron chi connectivity index (χ4n) is 2.85. The number of fused-ring (bicyclic) bond motifs is 1. The Balaban J connectivity index is 1.61. The molecule has 3 N–H and O–H groups in total. The van der Waals surface area contributed by atoms with Gasteiger partial charge in [0, 0.05) is 12.0 Å². The number of aromatic nitrogens is 2. The molecule has 0 aliphatic carbocycles. The smallest absolute Gasteiger partial charge is 0.269 e. The van der Waals surface area contributed by atoms with E-state index in [2.05, 4.69) is 15.8 Å². The predicted molar refractivity (Wildman–Crippen MR) is 108 cm³/mol. The third-order valence-corrected chi connectivity index (χ3v) is 4.28. The lowest BCUT2D eigenvalue weighted by molar-refractivity contribution is 0.0962. The molecular weight excluding hydrogens is 352 g/mol. The van der Waals surface area contributed by atoms with Gasteiger partial charge in [0.1, 0.15) is 5.75 Å². The number of hydrazine groups is 1. The molecule has 138 valence electrons. The SMILES string of the molecule is O=C(NNc1nc2ccccc2nc1Cc1ccccc1)c1ccc(O)cc1. The fraction of sp³-hybridized carbons (Fsp3) is 0.0455. The van der Waals surface area contributed by atoms with E-state index < -0.39 is 0 Å². The number of hydrogen-bond donors (Lipinski definition) is 3. The number of phenols is 1. The molecule has 0 saturated heterocycles. The molecule has 0 unspecified atom stereocenters. The molecular formula is C22H18N4O2. The number of hydrogen-bond acceptors (Lipinski definition) is 5. The highest BCUT2D eigenvalue weighted by atomic mass is 16.3. The van der Waals surface area contributed by atoms with Gasteiger partial charge in [0.05, 0.1) is 16.7 Å². The van der Waals surface area contributed by atoms with E-state index in [1.807, 2.05) is 54.6 Å². The average molecular weight is 370 g/mol. The summed E-state index contributed by atoms with van der Waals surface area (Å²) in [5, 5.41) is 9.36. The summed E-state index contributed by atoms with van der Waals surface area (Å²) in [6, 6.07) is 23.6. The third-order valence-electron chi connectivity index (χ3n) is 4.28. The molecule has 0 saturated carbocycles. The van der Waals surface area contributed by atoms with Crippen LogP contribution in [0.25, 0.3) is 11.0 Å². The molecule has 0 fully saturated rings. The molecule has 6 nitrogen and oxygen atoms in total. The highest BCUT2D eigenvalue weighted by Gasteiger charge is 2.12. The van der Waals surface area contributed by atoms with E-state index in [0.717, 1.165) is 22.3 Å². The topological polar surface area (TPSA) is 87.1 Å². The van der Waals surface area contributed by atoms with Crippen LogP contribution in [0.2, 0.25) is 0 Å². The minimum absolute atomic E-state index is 0.107. The lowest BCUT2D eigenvalue weighted by Crippen LogP contribution is -2.30. The second kappa shape index (κ2) is 7.75. The molecule has 0 radical (unpaired) electrons. The van der Waals surface area contributed by atoms with Crippen molar-refractivity contribution in [1.29, 1.82) is 0 Å². The van der Waals surface area contributed by atoms with E-state index in [9.17, 15) is 9.90 Å². The summed E-state index contributed by atoms with van der Waals surface area (Å²) in [5.74, 6) is 0.269. The van der Waals surface area contributed by atoms with Crippen LogP contribution in [0.1, 0.15) is 21.6 Å². The van der Waals surface area contributed by atoms with Crippen molar-refractivity contribution in [2.24, 2.45) is 0 Å². The molecule has 4 aromatic rings. The largest absolute Gasteiger partial charge is 0.508 e. The van der Waals surface area contributed by atoms with Crippen molar-refractivity contribution >= 4 is 22.8 Å². The van der Waals surface area contributed by atoms with Gasteiger partial charge in [-0.3, -0.25) is 15.6 Å². The van der Waals surface area contributed by atoms with Crippen molar-refractivity contribution in [3.63, 3.8) is 0 Å². The van der Waals surface area contributed by atoms with Crippen LogP contribution >= 0.6 is 0 Å². The number of nitrogens with one attached hydrogen (secondary N) is 2. The van der Waals surface area contributed by atoms with Crippen molar-refractivity contribution in [2.45, 2.75) is 6.42 Å². The standard InChI is InChI=1S/C22H18N4O2/c27-17-12-10-16(11-13-17)22(28)26-25-21-20(14-15-6-2-1-3-7-15)23-18-8-4-5-9-19(18)24-21/h1-13,27H,14H2,(H,24,25)(H,26,28). The first-order valence-corrected chi connectivity index (χ1v) is 8.84. The van der Waals surface area contributed by atoms with Gasteiger partial charge in [0.15, 0.2) is 5.82 Å². The van der Waals surface area contributed by atoms with Crippen LogP contribution in [0.5, 0.6) is 5.75 Å². The zero-order valence-electron chi connectivity index (χ0n) is 15.0. The van der Waals surface area contributed by atoms with E-state index in [0.29, 0.717) is 17.8 Å². The van der Waals surface area contributed by atoms with Crippen LogP contribution < -0.4 is 10.9 Å². The Labute approximate surface area is 161 Å². The molecule has 3 aromatic carbocycles. The highest BCUT2D eigenvalue weighted by Crippen LogP contribution is 2.19. The highest BCUT2D eigenvalue weighted by molar-refractivity contribution is 5.95. The summed E-state index contributed by atoms with van der Waals surface area (Å²) in [6.07, 6.45) is 0.579. The summed E-state index contributed by atoms with van der Waals surface area (Å²) >= 11 is 0. The first-order valence-electron chi connectivity index (χ1n) is 8.84. The Morgan fingerprint density at radius 1 is 0.821 bits per heavy atom. The first-order chi connectivity index (χ1) is 13.7. The van der Waals surface area contributed by atoms with Crippen LogP contribution in [0.3, 0.4) is 0 Å².